The summed E-state index contributed by atoms with van der Waals surface area (Å²) >= 11 is 0. The van der Waals surface area contributed by atoms with Gasteiger partial charge < -0.3 is 39.4 Å². The van der Waals surface area contributed by atoms with Gasteiger partial charge >= 0.3 is 23.9 Å². The van der Waals surface area contributed by atoms with Crippen molar-refractivity contribution in [2.45, 2.75) is 51.4 Å². The first-order valence-electron chi connectivity index (χ1n) is 17.4. The molecule has 0 radical (unpaired) electrons. The van der Waals surface area contributed by atoms with Crippen LogP contribution in [0.25, 0.3) is 0 Å². The molecule has 5 rings (SSSR count). The van der Waals surface area contributed by atoms with Crippen LogP contribution in [0.15, 0.2) is 99.9 Å². The monoisotopic (exact) mass is 760 g/mol. The van der Waals surface area contributed by atoms with E-state index in [0.717, 1.165) is 25.0 Å². The summed E-state index contributed by atoms with van der Waals surface area (Å²) in [7, 11) is 0. The van der Waals surface area contributed by atoms with Gasteiger partial charge in [-0.2, -0.15) is 0 Å². The van der Waals surface area contributed by atoms with Crippen LogP contribution in [0, 0.1) is 0 Å². The Labute approximate surface area is 322 Å². The molecule has 0 spiro atoms. The first-order valence-corrected chi connectivity index (χ1v) is 17.4. The molecule has 0 aliphatic heterocycles. The summed E-state index contributed by atoms with van der Waals surface area (Å²) in [5.41, 5.74) is 4.12. The van der Waals surface area contributed by atoms with Crippen molar-refractivity contribution in [3.05, 3.63) is 167 Å². The molecule has 0 fully saturated rings. The second kappa shape index (κ2) is 17.8. The van der Waals surface area contributed by atoms with Gasteiger partial charge in [0.05, 0.1) is 50.7 Å². The first kappa shape index (κ1) is 40.1. The molecule has 1 aliphatic carbocycles. The second-order valence-electron chi connectivity index (χ2n) is 13.1. The molecule has 0 saturated heterocycles. The van der Waals surface area contributed by atoms with E-state index in [-0.39, 0.29) is 74.4 Å². The lowest BCUT2D eigenvalue weighted by atomic mass is 9.87. The van der Waals surface area contributed by atoms with Crippen LogP contribution in [0.2, 0.25) is 0 Å². The fourth-order valence-electron chi connectivity index (χ4n) is 6.84. The highest BCUT2D eigenvalue weighted by atomic mass is 16.5. The van der Waals surface area contributed by atoms with Crippen LogP contribution < -0.4 is 0 Å². The molecular formula is C44H40O12. The maximum atomic E-state index is 12.6. The van der Waals surface area contributed by atoms with Gasteiger partial charge in [-0.25, -0.2) is 0 Å². The third kappa shape index (κ3) is 9.71. The topological polar surface area (TPSA) is 186 Å². The summed E-state index contributed by atoms with van der Waals surface area (Å²) in [5.74, 6) is -3.24. The first-order chi connectivity index (χ1) is 26.8. The molecule has 12 heteroatoms. The van der Waals surface area contributed by atoms with E-state index in [1.54, 1.807) is 48.5 Å². The van der Waals surface area contributed by atoms with Gasteiger partial charge in [-0.15, -0.1) is 0 Å². The van der Waals surface area contributed by atoms with Gasteiger partial charge in [0.25, 0.3) is 0 Å². The Kier molecular flexibility index (Phi) is 12.8. The van der Waals surface area contributed by atoms with Crippen molar-refractivity contribution in [1.82, 2.24) is 0 Å². The lowest BCUT2D eigenvalue weighted by Crippen LogP contribution is -2.09. The summed E-state index contributed by atoms with van der Waals surface area (Å²) in [6.45, 7) is 13.7. The number of benzene rings is 4. The highest BCUT2D eigenvalue weighted by Crippen LogP contribution is 2.39. The molecule has 56 heavy (non-hydrogen) atoms. The normalized spacial score (nSPS) is 11.7. The van der Waals surface area contributed by atoms with Crippen molar-refractivity contribution in [2.24, 2.45) is 0 Å². The van der Waals surface area contributed by atoms with Crippen molar-refractivity contribution < 1.29 is 58.6 Å². The molecule has 0 amide bonds. The number of carbonyl (C=O) groups is 4. The zero-order valence-electron chi connectivity index (χ0n) is 30.5. The maximum absolute atomic E-state index is 12.6. The van der Waals surface area contributed by atoms with E-state index in [1.807, 2.05) is 0 Å². The number of phenols is 4. The summed E-state index contributed by atoms with van der Waals surface area (Å²) in [6.07, 6.45) is 2.79. The zero-order valence-corrected chi connectivity index (χ0v) is 30.5. The Morgan fingerprint density at radius 3 is 0.696 bits per heavy atom. The van der Waals surface area contributed by atoms with Crippen LogP contribution in [0.4, 0.5) is 0 Å². The fraction of sp³-hybridized carbons (Fsp3) is 0.182. The third-order valence-corrected chi connectivity index (χ3v) is 9.09. The van der Waals surface area contributed by atoms with Crippen molar-refractivity contribution in [3.8, 4) is 23.0 Å². The number of hydrogen-bond donors (Lipinski definition) is 4. The summed E-state index contributed by atoms with van der Waals surface area (Å²) < 4.78 is 19.8. The molecule has 4 aromatic carbocycles. The smallest absolute Gasteiger partial charge is 0.315 e. The summed E-state index contributed by atoms with van der Waals surface area (Å²) in [4.78, 5) is 50.3. The Balaban J connectivity index is 1.80. The molecule has 288 valence electrons. The second-order valence-corrected chi connectivity index (χ2v) is 13.1. The van der Waals surface area contributed by atoms with Crippen molar-refractivity contribution in [1.29, 1.82) is 0 Å². The van der Waals surface area contributed by atoms with Crippen molar-refractivity contribution >= 4 is 23.9 Å². The van der Waals surface area contributed by atoms with Gasteiger partial charge in [-0.3, -0.25) is 19.2 Å². The molecule has 0 heterocycles. The Bertz CT molecular complexity index is 1850. The summed E-state index contributed by atoms with van der Waals surface area (Å²) in [5, 5.41) is 47.1. The van der Waals surface area contributed by atoms with Crippen LogP contribution >= 0.6 is 0 Å². The molecule has 1 aliphatic rings. The average Bonchev–Trinajstić information content (AvgIpc) is 3.12. The predicted octanol–water partition coefficient (Wildman–Crippen LogP) is 6.10. The minimum absolute atomic E-state index is 0.0955. The lowest BCUT2D eigenvalue weighted by molar-refractivity contribution is -0.138. The van der Waals surface area contributed by atoms with Gasteiger partial charge in [-0.05, 0) is 66.8 Å². The van der Waals surface area contributed by atoms with Crippen LogP contribution in [0.5, 0.6) is 23.0 Å². The fourth-order valence-corrected chi connectivity index (χ4v) is 6.84. The van der Waals surface area contributed by atoms with E-state index >= 15 is 0 Å². The number of aromatic hydroxyl groups is 4. The molecule has 0 saturated carbocycles. The van der Waals surface area contributed by atoms with E-state index < -0.39 is 23.9 Å². The van der Waals surface area contributed by atoms with Crippen molar-refractivity contribution in [2.75, 3.05) is 0 Å². The number of hydrogen-bond acceptors (Lipinski definition) is 12. The van der Waals surface area contributed by atoms with Crippen LogP contribution in [0.3, 0.4) is 0 Å². The van der Waals surface area contributed by atoms with Crippen molar-refractivity contribution in [3.63, 3.8) is 0 Å². The van der Waals surface area contributed by atoms with Gasteiger partial charge in [-0.1, -0.05) is 74.8 Å². The molecule has 4 N–H and O–H groups in total. The number of phenolic OH excluding ortho intramolecular Hbond substituents is 4. The van der Waals surface area contributed by atoms with E-state index in [9.17, 15) is 39.6 Å². The number of ether oxygens (including phenoxy) is 4. The van der Waals surface area contributed by atoms with Crippen LogP contribution in [-0.4, -0.2) is 44.3 Å². The van der Waals surface area contributed by atoms with E-state index in [4.69, 9.17) is 18.9 Å². The maximum Gasteiger partial charge on any atom is 0.315 e. The Morgan fingerprint density at radius 2 is 0.554 bits per heavy atom. The molecule has 0 aromatic heterocycles. The number of esters is 4. The van der Waals surface area contributed by atoms with Gasteiger partial charge in [0.15, 0.2) is 0 Å². The number of rotatable bonds is 12. The largest absolute Gasteiger partial charge is 0.507 e. The zero-order chi connectivity index (χ0) is 40.5. The third-order valence-electron chi connectivity index (χ3n) is 9.09. The molecule has 8 bridgehead atoms. The number of fused-ring (bicyclic) bond motifs is 8. The highest BCUT2D eigenvalue weighted by molar-refractivity contribution is 5.76. The minimum Gasteiger partial charge on any atom is -0.507 e. The Hall–Kier alpha value is -7.08. The average molecular weight is 761 g/mol. The van der Waals surface area contributed by atoms with E-state index in [1.165, 1.54) is 0 Å². The predicted molar refractivity (Wildman–Crippen MR) is 204 cm³/mol. The quantitative estimate of drug-likeness (QED) is 0.0652. The van der Waals surface area contributed by atoms with Crippen LogP contribution in [-0.2, 0) is 89.5 Å². The lowest BCUT2D eigenvalue weighted by Gasteiger charge is -2.20. The van der Waals surface area contributed by atoms with Crippen LogP contribution in [0.1, 0.15) is 66.8 Å². The van der Waals surface area contributed by atoms with Gasteiger partial charge in [0, 0.05) is 25.7 Å². The van der Waals surface area contributed by atoms with E-state index in [0.29, 0.717) is 66.8 Å². The minimum atomic E-state index is -0.622. The molecule has 0 unspecified atom stereocenters. The Morgan fingerprint density at radius 1 is 0.393 bits per heavy atom. The standard InChI is InChI=1S/C44H40O12/c1-5-53-37(45)17-25-9-29-21-31-11-26(18-38(46)54-6-2)13-33(42(31)50)23-35-15-28(20-40(48)56-8-4)16-36(44(35)52)24-34-14-27(19-39(47)55-7-3)12-32(43(34)51)22-30(10-25)41(29)49/h5-16,49-52H,1-4,17-24H2. The van der Waals surface area contributed by atoms with Gasteiger partial charge in [0.2, 0.25) is 0 Å². The van der Waals surface area contributed by atoms with E-state index in [2.05, 4.69) is 26.3 Å². The van der Waals surface area contributed by atoms with Gasteiger partial charge in [0.1, 0.15) is 23.0 Å². The highest BCUT2D eigenvalue weighted by Gasteiger charge is 2.23. The molecule has 12 nitrogen and oxygen atoms in total. The molecule has 0 atom stereocenters. The number of carbonyl (C=O) groups excluding carboxylic acids is 4. The molecule has 4 aromatic rings. The summed E-state index contributed by atoms with van der Waals surface area (Å²) in [6, 6.07) is 12.7. The SMILES string of the molecule is C=COC(=O)Cc1cc2c(O)c(c1)Cc1cc(CC(=O)OC=C)cc(c1O)Cc1cc(CC(=O)OC=C)cc(c1O)Cc1cc(CC(=O)OC=C)cc(c1O)C2. The molecular weight excluding hydrogens is 720 g/mol.